The summed E-state index contributed by atoms with van der Waals surface area (Å²) in [6.45, 7) is 0.326. The topological polar surface area (TPSA) is 50.5 Å². The lowest BCUT2D eigenvalue weighted by atomic mass is 10.1. The summed E-state index contributed by atoms with van der Waals surface area (Å²) in [4.78, 5) is 24.9. The normalized spacial score (nSPS) is 18.5. The highest BCUT2D eigenvalue weighted by atomic mass is 35.5. The molecule has 0 bridgehead atoms. The molecule has 5 heteroatoms. The van der Waals surface area contributed by atoms with Gasteiger partial charge in [-0.15, -0.1) is 0 Å². The third kappa shape index (κ3) is 1.99. The number of halogens is 1. The summed E-state index contributed by atoms with van der Waals surface area (Å²) >= 11 is 5.51. The van der Waals surface area contributed by atoms with Crippen LogP contribution in [0.3, 0.4) is 0 Å². The largest absolute Gasteiger partial charge is 0.456 e. The molecular weight excluding hydrogens is 302 g/mol. The number of benzene rings is 2. The van der Waals surface area contributed by atoms with Crippen molar-refractivity contribution < 1.29 is 14.0 Å². The summed E-state index contributed by atoms with van der Waals surface area (Å²) < 4.78 is 5.83. The van der Waals surface area contributed by atoms with Crippen molar-refractivity contribution in [2.75, 3.05) is 11.4 Å². The van der Waals surface area contributed by atoms with E-state index in [4.69, 9.17) is 16.0 Å². The predicted molar refractivity (Wildman–Crippen MR) is 85.0 cm³/mol. The maximum atomic E-state index is 12.1. The number of hydrogen-bond donors (Lipinski definition) is 0. The fourth-order valence-electron chi connectivity index (χ4n) is 2.99. The van der Waals surface area contributed by atoms with E-state index in [1.165, 1.54) is 0 Å². The Morgan fingerprint density at radius 1 is 1.14 bits per heavy atom. The fraction of sp³-hybridized carbons (Fsp3) is 0.176. The third-order valence-electron chi connectivity index (χ3n) is 4.12. The molecule has 0 radical (unpaired) electrons. The smallest absolute Gasteiger partial charge is 0.227 e. The molecule has 0 aliphatic carbocycles. The quantitative estimate of drug-likeness (QED) is 0.678. The molecule has 0 saturated carbocycles. The molecule has 0 N–H and O–H groups in total. The molecule has 1 aliphatic heterocycles. The van der Waals surface area contributed by atoms with Crippen LogP contribution in [0.15, 0.2) is 46.9 Å². The van der Waals surface area contributed by atoms with Crippen LogP contribution in [0.2, 0.25) is 0 Å². The average Bonchev–Trinajstić information content (AvgIpc) is 3.07. The van der Waals surface area contributed by atoms with E-state index >= 15 is 0 Å². The van der Waals surface area contributed by atoms with E-state index in [0.717, 1.165) is 27.6 Å². The minimum absolute atomic E-state index is 0.0885. The van der Waals surface area contributed by atoms with Gasteiger partial charge in [0.2, 0.25) is 11.1 Å². The molecule has 2 heterocycles. The molecule has 110 valence electrons. The molecule has 4 nitrogen and oxygen atoms in total. The summed E-state index contributed by atoms with van der Waals surface area (Å²) in [6, 6.07) is 13.5. The van der Waals surface area contributed by atoms with Gasteiger partial charge in [-0.25, -0.2) is 0 Å². The molecule has 1 aliphatic rings. The van der Waals surface area contributed by atoms with Crippen LogP contribution in [-0.4, -0.2) is 17.7 Å². The van der Waals surface area contributed by atoms with Crippen LogP contribution in [0.1, 0.15) is 6.42 Å². The fourth-order valence-corrected chi connectivity index (χ4v) is 3.14. The number of rotatable bonds is 2. The first-order valence-electron chi connectivity index (χ1n) is 7.04. The van der Waals surface area contributed by atoms with E-state index in [2.05, 4.69) is 0 Å². The van der Waals surface area contributed by atoms with Gasteiger partial charge < -0.3 is 9.32 Å². The van der Waals surface area contributed by atoms with Gasteiger partial charge in [-0.3, -0.25) is 9.59 Å². The Morgan fingerprint density at radius 2 is 1.91 bits per heavy atom. The summed E-state index contributed by atoms with van der Waals surface area (Å²) in [7, 11) is 0. The number of anilines is 1. The van der Waals surface area contributed by atoms with Crippen LogP contribution in [0.25, 0.3) is 21.9 Å². The lowest BCUT2D eigenvalue weighted by Crippen LogP contribution is -2.25. The Hall–Kier alpha value is -2.33. The van der Waals surface area contributed by atoms with Crippen LogP contribution in [0, 0.1) is 5.92 Å². The molecule has 1 unspecified atom stereocenters. The standard InChI is InChI=1S/C17H12ClNO3/c18-17(21)10-7-16(20)19(9-10)11-5-6-13-12-3-1-2-4-14(12)22-15(13)8-11/h1-6,8,10H,7,9H2. The maximum absolute atomic E-state index is 12.1. The number of hydrogen-bond acceptors (Lipinski definition) is 3. The van der Waals surface area contributed by atoms with Crippen LogP contribution in [-0.2, 0) is 9.59 Å². The first kappa shape index (κ1) is 13.3. The van der Waals surface area contributed by atoms with Crippen molar-refractivity contribution in [1.29, 1.82) is 0 Å². The Morgan fingerprint density at radius 3 is 2.68 bits per heavy atom. The van der Waals surface area contributed by atoms with Gasteiger partial charge in [0.25, 0.3) is 0 Å². The zero-order valence-electron chi connectivity index (χ0n) is 11.6. The first-order chi connectivity index (χ1) is 10.6. The number of fused-ring (bicyclic) bond motifs is 3. The average molecular weight is 314 g/mol. The zero-order valence-corrected chi connectivity index (χ0v) is 12.3. The van der Waals surface area contributed by atoms with Gasteiger partial charge in [0.1, 0.15) is 11.2 Å². The van der Waals surface area contributed by atoms with Crippen molar-refractivity contribution in [3.63, 3.8) is 0 Å². The van der Waals surface area contributed by atoms with Crippen molar-refractivity contribution in [3.05, 3.63) is 42.5 Å². The van der Waals surface area contributed by atoms with Gasteiger partial charge in [-0.2, -0.15) is 0 Å². The minimum Gasteiger partial charge on any atom is -0.456 e. The lowest BCUT2D eigenvalue weighted by molar-refractivity contribution is -0.120. The number of nitrogens with zero attached hydrogens (tertiary/aromatic N) is 1. The predicted octanol–water partition coefficient (Wildman–Crippen LogP) is 3.70. The molecule has 2 aromatic carbocycles. The summed E-state index contributed by atoms with van der Waals surface area (Å²) in [5.74, 6) is -0.519. The molecule has 0 spiro atoms. The van der Waals surface area contributed by atoms with Gasteiger partial charge in [0, 0.05) is 35.5 Å². The first-order valence-corrected chi connectivity index (χ1v) is 7.42. The molecule has 22 heavy (non-hydrogen) atoms. The number of amides is 1. The number of carbonyl (C=O) groups excluding carboxylic acids is 2. The SMILES string of the molecule is O=C(Cl)C1CC(=O)N(c2ccc3c(c2)oc2ccccc23)C1. The Kier molecular flexibility index (Phi) is 2.94. The molecular formula is C17H12ClNO3. The van der Waals surface area contributed by atoms with Gasteiger partial charge in [0.15, 0.2) is 0 Å². The Balaban J connectivity index is 1.78. The monoisotopic (exact) mass is 313 g/mol. The molecule has 3 aromatic rings. The van der Waals surface area contributed by atoms with Gasteiger partial charge in [-0.05, 0) is 29.8 Å². The number of para-hydroxylation sites is 1. The molecule has 1 aromatic heterocycles. The highest BCUT2D eigenvalue weighted by molar-refractivity contribution is 6.64. The van der Waals surface area contributed by atoms with E-state index in [-0.39, 0.29) is 12.3 Å². The Labute approximate surface area is 131 Å². The minimum atomic E-state index is -0.458. The summed E-state index contributed by atoms with van der Waals surface area (Å²) in [5.41, 5.74) is 2.28. The van der Waals surface area contributed by atoms with Crippen molar-refractivity contribution in [3.8, 4) is 0 Å². The maximum Gasteiger partial charge on any atom is 0.227 e. The van der Waals surface area contributed by atoms with Crippen LogP contribution in [0.5, 0.6) is 0 Å². The van der Waals surface area contributed by atoms with Crippen molar-refractivity contribution in [2.45, 2.75) is 6.42 Å². The van der Waals surface area contributed by atoms with Crippen molar-refractivity contribution in [1.82, 2.24) is 0 Å². The Bertz CT molecular complexity index is 915. The van der Waals surface area contributed by atoms with Crippen LogP contribution >= 0.6 is 11.6 Å². The highest BCUT2D eigenvalue weighted by Crippen LogP contribution is 2.33. The van der Waals surface area contributed by atoms with Gasteiger partial charge >= 0.3 is 0 Å². The molecule has 1 atom stereocenters. The van der Waals surface area contributed by atoms with E-state index in [1.807, 2.05) is 42.5 Å². The molecule has 4 rings (SSSR count). The van der Waals surface area contributed by atoms with Crippen molar-refractivity contribution >= 4 is 50.4 Å². The van der Waals surface area contributed by atoms with E-state index in [9.17, 15) is 9.59 Å². The molecule has 1 saturated heterocycles. The zero-order chi connectivity index (χ0) is 15.3. The second-order valence-corrected chi connectivity index (χ2v) is 5.86. The number of furan rings is 1. The van der Waals surface area contributed by atoms with E-state index in [0.29, 0.717) is 6.54 Å². The van der Waals surface area contributed by atoms with Crippen molar-refractivity contribution in [2.24, 2.45) is 5.92 Å². The third-order valence-corrected chi connectivity index (χ3v) is 4.43. The van der Waals surface area contributed by atoms with Gasteiger partial charge in [-0.1, -0.05) is 18.2 Å². The molecule has 1 fully saturated rings. The second-order valence-electron chi connectivity index (χ2n) is 5.49. The number of carbonyl (C=O) groups is 2. The summed E-state index contributed by atoms with van der Waals surface area (Å²) in [5, 5.41) is 1.60. The second kappa shape index (κ2) is 4.85. The highest BCUT2D eigenvalue weighted by Gasteiger charge is 2.34. The van der Waals surface area contributed by atoms with E-state index < -0.39 is 11.2 Å². The summed E-state index contributed by atoms with van der Waals surface area (Å²) in [6.07, 6.45) is 0.167. The van der Waals surface area contributed by atoms with Crippen LogP contribution < -0.4 is 4.90 Å². The van der Waals surface area contributed by atoms with Gasteiger partial charge in [0.05, 0.1) is 5.92 Å². The lowest BCUT2D eigenvalue weighted by Gasteiger charge is -2.15. The molecule has 1 amide bonds. The van der Waals surface area contributed by atoms with Crippen LogP contribution in [0.4, 0.5) is 5.69 Å². The van der Waals surface area contributed by atoms with E-state index in [1.54, 1.807) is 4.90 Å².